The van der Waals surface area contributed by atoms with E-state index in [1.807, 2.05) is 6.92 Å². The van der Waals surface area contributed by atoms with E-state index in [-0.39, 0.29) is 6.61 Å². The first-order valence-electron chi connectivity index (χ1n) is 7.04. The summed E-state index contributed by atoms with van der Waals surface area (Å²) in [6.07, 6.45) is -6.08. The van der Waals surface area contributed by atoms with Gasteiger partial charge in [0, 0.05) is 6.61 Å². The number of unbranched alkanes of at least 4 members (excludes halogenated alkanes) is 1. The summed E-state index contributed by atoms with van der Waals surface area (Å²) in [5.74, 6) is -0.866. The van der Waals surface area contributed by atoms with E-state index in [0.717, 1.165) is 12.8 Å². The fraction of sp³-hybridized carbons (Fsp3) is 0.923. The van der Waals surface area contributed by atoms with Crippen molar-refractivity contribution < 1.29 is 39.4 Å². The molecule has 1 aliphatic heterocycles. The van der Waals surface area contributed by atoms with Crippen LogP contribution in [0, 0.1) is 0 Å². The van der Waals surface area contributed by atoms with Gasteiger partial charge in [0.25, 0.3) is 0 Å². The van der Waals surface area contributed by atoms with Crippen molar-refractivity contribution in [1.29, 1.82) is 0 Å². The summed E-state index contributed by atoms with van der Waals surface area (Å²) < 4.78 is 15.4. The van der Waals surface area contributed by atoms with Crippen molar-refractivity contribution in [3.05, 3.63) is 0 Å². The highest BCUT2D eigenvalue weighted by Crippen LogP contribution is 2.22. The fourth-order valence-corrected chi connectivity index (χ4v) is 1.82. The normalized spacial score (nSPS) is 34.5. The lowest BCUT2D eigenvalue weighted by atomic mass is 9.99. The number of hydrogen-bond acceptors (Lipinski definition) is 8. The molecule has 0 aromatic carbocycles. The highest BCUT2D eigenvalue weighted by Gasteiger charge is 2.44. The standard InChI is InChI=1S/C13H24O8/c1-3-4-5-19-13-11(17)10(16)9(15)8(21-13)6-20-12(18)7(2)14/h7-11,13-17H,3-6H2,1-2H3/t7-,8+,9+,10-,11+,13-/m0/s1. The Bertz CT molecular complexity index is 321. The van der Waals surface area contributed by atoms with E-state index < -0.39 is 42.8 Å². The Morgan fingerprint density at radius 3 is 2.48 bits per heavy atom. The molecule has 0 spiro atoms. The van der Waals surface area contributed by atoms with Crippen LogP contribution in [-0.2, 0) is 19.0 Å². The molecule has 0 aromatic heterocycles. The molecule has 1 aliphatic rings. The highest BCUT2D eigenvalue weighted by molar-refractivity contribution is 5.73. The van der Waals surface area contributed by atoms with Gasteiger partial charge in [0.1, 0.15) is 37.1 Å². The number of hydrogen-bond donors (Lipinski definition) is 4. The second kappa shape index (κ2) is 8.62. The van der Waals surface area contributed by atoms with Gasteiger partial charge in [0.05, 0.1) is 0 Å². The number of carbonyl (C=O) groups is 1. The first-order valence-corrected chi connectivity index (χ1v) is 7.04. The molecular weight excluding hydrogens is 284 g/mol. The maximum Gasteiger partial charge on any atom is 0.334 e. The van der Waals surface area contributed by atoms with Crippen molar-refractivity contribution in [2.45, 2.75) is 63.5 Å². The molecular formula is C13H24O8. The van der Waals surface area contributed by atoms with E-state index in [2.05, 4.69) is 0 Å². The molecule has 1 heterocycles. The van der Waals surface area contributed by atoms with E-state index in [9.17, 15) is 20.1 Å². The van der Waals surface area contributed by atoms with Crippen LogP contribution in [0.4, 0.5) is 0 Å². The molecule has 0 unspecified atom stereocenters. The van der Waals surface area contributed by atoms with Crippen molar-refractivity contribution in [3.63, 3.8) is 0 Å². The lowest BCUT2D eigenvalue weighted by Gasteiger charge is -2.40. The van der Waals surface area contributed by atoms with Crippen LogP contribution < -0.4 is 0 Å². The van der Waals surface area contributed by atoms with Crippen LogP contribution in [0.2, 0.25) is 0 Å². The molecule has 124 valence electrons. The van der Waals surface area contributed by atoms with Crippen molar-refractivity contribution in [2.75, 3.05) is 13.2 Å². The minimum atomic E-state index is -1.47. The first kappa shape index (κ1) is 18.3. The maximum absolute atomic E-state index is 11.2. The zero-order valence-corrected chi connectivity index (χ0v) is 12.2. The van der Waals surface area contributed by atoms with Gasteiger partial charge >= 0.3 is 5.97 Å². The summed E-state index contributed by atoms with van der Waals surface area (Å²) in [5, 5.41) is 38.4. The lowest BCUT2D eigenvalue weighted by Crippen LogP contribution is -2.59. The number of esters is 1. The smallest absolute Gasteiger partial charge is 0.334 e. The summed E-state index contributed by atoms with van der Waals surface area (Å²) in [4.78, 5) is 11.2. The molecule has 4 N–H and O–H groups in total. The van der Waals surface area contributed by atoms with Gasteiger partial charge in [-0.25, -0.2) is 4.79 Å². The SMILES string of the molecule is CCCCO[C@H]1O[C@H](COC(=O)[C@H](C)O)[C@@H](O)[C@H](O)[C@H]1O. The molecule has 6 atom stereocenters. The molecule has 8 heteroatoms. The van der Waals surface area contributed by atoms with Gasteiger partial charge in [-0.2, -0.15) is 0 Å². The van der Waals surface area contributed by atoms with Gasteiger partial charge in [-0.15, -0.1) is 0 Å². The van der Waals surface area contributed by atoms with Gasteiger partial charge in [-0.05, 0) is 13.3 Å². The van der Waals surface area contributed by atoms with E-state index in [1.165, 1.54) is 6.92 Å². The van der Waals surface area contributed by atoms with Crippen molar-refractivity contribution in [2.24, 2.45) is 0 Å². The minimum Gasteiger partial charge on any atom is -0.461 e. The molecule has 0 bridgehead atoms. The van der Waals surface area contributed by atoms with Gasteiger partial charge in [0.2, 0.25) is 0 Å². The quantitative estimate of drug-likeness (QED) is 0.332. The Hall–Kier alpha value is -0.770. The molecule has 1 fully saturated rings. The molecule has 1 saturated heterocycles. The van der Waals surface area contributed by atoms with Crippen LogP contribution in [0.3, 0.4) is 0 Å². The highest BCUT2D eigenvalue weighted by atomic mass is 16.7. The van der Waals surface area contributed by atoms with Gasteiger partial charge < -0.3 is 34.6 Å². The Labute approximate surface area is 123 Å². The third-order valence-electron chi connectivity index (χ3n) is 3.18. The van der Waals surface area contributed by atoms with Crippen molar-refractivity contribution >= 4 is 5.97 Å². The van der Waals surface area contributed by atoms with E-state index >= 15 is 0 Å². The second-order valence-electron chi connectivity index (χ2n) is 5.05. The topological polar surface area (TPSA) is 126 Å². The van der Waals surface area contributed by atoms with E-state index in [0.29, 0.717) is 6.61 Å². The summed E-state index contributed by atoms with van der Waals surface area (Å²) >= 11 is 0. The van der Waals surface area contributed by atoms with Crippen LogP contribution in [0.5, 0.6) is 0 Å². The summed E-state index contributed by atoms with van der Waals surface area (Å²) in [5.41, 5.74) is 0. The second-order valence-corrected chi connectivity index (χ2v) is 5.05. The zero-order chi connectivity index (χ0) is 16.0. The van der Waals surface area contributed by atoms with Crippen LogP contribution in [0.25, 0.3) is 0 Å². The molecule has 8 nitrogen and oxygen atoms in total. The van der Waals surface area contributed by atoms with Gasteiger partial charge in [0.15, 0.2) is 6.29 Å². The minimum absolute atomic E-state index is 0.335. The lowest BCUT2D eigenvalue weighted by molar-refractivity contribution is -0.302. The predicted molar refractivity (Wildman–Crippen MR) is 70.2 cm³/mol. The number of ether oxygens (including phenoxy) is 3. The van der Waals surface area contributed by atoms with Crippen LogP contribution >= 0.6 is 0 Å². The maximum atomic E-state index is 11.2. The predicted octanol–water partition coefficient (Wildman–Crippen LogP) is -1.47. The summed E-state index contributed by atoms with van der Waals surface area (Å²) in [7, 11) is 0. The van der Waals surface area contributed by atoms with Crippen molar-refractivity contribution in [1.82, 2.24) is 0 Å². The molecule has 0 saturated carbocycles. The molecule has 21 heavy (non-hydrogen) atoms. The zero-order valence-electron chi connectivity index (χ0n) is 12.2. The monoisotopic (exact) mass is 308 g/mol. The average Bonchev–Trinajstić information content (AvgIpc) is 2.45. The Balaban J connectivity index is 2.55. The largest absolute Gasteiger partial charge is 0.461 e. The van der Waals surface area contributed by atoms with Crippen LogP contribution in [0.1, 0.15) is 26.7 Å². The molecule has 0 aromatic rings. The molecule has 0 aliphatic carbocycles. The van der Waals surface area contributed by atoms with Crippen LogP contribution in [0.15, 0.2) is 0 Å². The number of aliphatic hydroxyl groups is 4. The number of aliphatic hydroxyl groups excluding tert-OH is 4. The van der Waals surface area contributed by atoms with Crippen molar-refractivity contribution in [3.8, 4) is 0 Å². The third-order valence-corrected chi connectivity index (χ3v) is 3.18. The molecule has 0 amide bonds. The Morgan fingerprint density at radius 2 is 1.90 bits per heavy atom. The Morgan fingerprint density at radius 1 is 1.24 bits per heavy atom. The first-order chi connectivity index (χ1) is 9.88. The summed E-state index contributed by atoms with van der Waals surface area (Å²) in [6.45, 7) is 3.19. The Kier molecular flexibility index (Phi) is 7.50. The molecule has 0 radical (unpaired) electrons. The number of carbonyl (C=O) groups excluding carboxylic acids is 1. The third kappa shape index (κ3) is 5.17. The summed E-state index contributed by atoms with van der Waals surface area (Å²) in [6, 6.07) is 0. The number of rotatable bonds is 7. The van der Waals surface area contributed by atoms with Gasteiger partial charge in [-0.3, -0.25) is 0 Å². The average molecular weight is 308 g/mol. The molecule has 1 rings (SSSR count). The van der Waals surface area contributed by atoms with Crippen LogP contribution in [-0.4, -0.2) is 76.4 Å². The van der Waals surface area contributed by atoms with E-state index in [4.69, 9.17) is 19.3 Å². The fourth-order valence-electron chi connectivity index (χ4n) is 1.82. The van der Waals surface area contributed by atoms with Gasteiger partial charge in [-0.1, -0.05) is 13.3 Å². The van der Waals surface area contributed by atoms with E-state index in [1.54, 1.807) is 0 Å².